The van der Waals surface area contributed by atoms with Gasteiger partial charge in [-0.1, -0.05) is 0 Å². The van der Waals surface area contributed by atoms with Crippen molar-refractivity contribution >= 4 is 0 Å². The predicted molar refractivity (Wildman–Crippen MR) is 152 cm³/mol. The van der Waals surface area contributed by atoms with E-state index < -0.39 is 16.6 Å². The summed E-state index contributed by atoms with van der Waals surface area (Å²) in [6, 6.07) is 0. The Morgan fingerprint density at radius 3 is 0.758 bits per heavy atom. The maximum atomic E-state index is 2.63. The molecule has 192 valence electrons. The average molecular weight is 493 g/mol. The molecule has 0 nitrogen and oxygen atoms in total. The third kappa shape index (κ3) is 14.6. The summed E-state index contributed by atoms with van der Waals surface area (Å²) in [5.74, 6) is 0. The number of rotatable bonds is 20. The molecule has 0 radical (unpaired) electrons. The van der Waals surface area contributed by atoms with Crippen LogP contribution in [-0.4, -0.2) is 0 Å². The van der Waals surface area contributed by atoms with Gasteiger partial charge >= 0.3 is 215 Å². The molecule has 0 aromatic heterocycles. The summed E-state index contributed by atoms with van der Waals surface area (Å²) in [6.45, 7) is 18.9. The Bertz CT molecular complexity index is 492. The fourth-order valence-corrected chi connectivity index (χ4v) is 14.7. The zero-order valence-corrected chi connectivity index (χ0v) is 25.7. The molecule has 0 saturated heterocycles. The summed E-state index contributed by atoms with van der Waals surface area (Å²) in [4.78, 5) is 0. The molecular formula is C32H60Ti. The van der Waals surface area contributed by atoms with Crippen molar-refractivity contribution in [3.63, 3.8) is 0 Å². The Morgan fingerprint density at radius 2 is 0.606 bits per heavy atom. The van der Waals surface area contributed by atoms with Gasteiger partial charge in [0.1, 0.15) is 0 Å². The maximum absolute atomic E-state index is 2.63. The predicted octanol–water partition coefficient (Wildman–Crippen LogP) is 12.4. The molecule has 0 aromatic rings. The van der Waals surface area contributed by atoms with Gasteiger partial charge in [-0.3, -0.25) is 0 Å². The molecule has 0 aliphatic heterocycles. The molecule has 0 rings (SSSR count). The van der Waals surface area contributed by atoms with Crippen molar-refractivity contribution in [3.8, 4) is 0 Å². The fraction of sp³-hybridized carbons (Fsp3) is 0.750. The van der Waals surface area contributed by atoms with Gasteiger partial charge < -0.3 is 0 Å². The summed E-state index contributed by atoms with van der Waals surface area (Å²) >= 11 is -2.28. The molecule has 0 atom stereocenters. The Hall–Kier alpha value is -0.326. The Labute approximate surface area is 213 Å². The van der Waals surface area contributed by atoms with Crippen LogP contribution in [0.25, 0.3) is 0 Å². The van der Waals surface area contributed by atoms with Crippen molar-refractivity contribution in [1.82, 2.24) is 0 Å². The summed E-state index contributed by atoms with van der Waals surface area (Å²) in [5, 5.41) is 0. The van der Waals surface area contributed by atoms with Crippen molar-refractivity contribution in [2.75, 3.05) is 0 Å². The van der Waals surface area contributed by atoms with Crippen LogP contribution < -0.4 is 0 Å². The van der Waals surface area contributed by atoms with E-state index in [-0.39, 0.29) is 0 Å². The monoisotopic (exact) mass is 492 g/mol. The zero-order valence-electron chi connectivity index (χ0n) is 24.1. The molecular weight excluding hydrogens is 432 g/mol. The Morgan fingerprint density at radius 1 is 0.394 bits per heavy atom. The van der Waals surface area contributed by atoms with Crippen molar-refractivity contribution in [3.05, 3.63) is 46.6 Å². The van der Waals surface area contributed by atoms with Crippen LogP contribution in [0, 0.1) is 0 Å². The molecule has 0 bridgehead atoms. The van der Waals surface area contributed by atoms with Crippen LogP contribution in [0.5, 0.6) is 0 Å². The first-order valence-corrected chi connectivity index (χ1v) is 19.1. The van der Waals surface area contributed by atoms with Crippen LogP contribution in [-0.2, 0) is 16.6 Å². The van der Waals surface area contributed by atoms with Crippen LogP contribution >= 0.6 is 0 Å². The van der Waals surface area contributed by atoms with Gasteiger partial charge in [-0.05, 0) is 0 Å². The summed E-state index contributed by atoms with van der Waals surface area (Å²) in [7, 11) is 0. The van der Waals surface area contributed by atoms with E-state index >= 15 is 0 Å². The molecule has 0 fully saturated rings. The third-order valence-corrected chi connectivity index (χ3v) is 14.6. The number of hydrogen-bond acceptors (Lipinski definition) is 0. The van der Waals surface area contributed by atoms with E-state index in [0.29, 0.717) is 0 Å². The van der Waals surface area contributed by atoms with Gasteiger partial charge in [0, 0.05) is 0 Å². The van der Waals surface area contributed by atoms with Gasteiger partial charge in [0.25, 0.3) is 0 Å². The normalized spacial score (nSPS) is 15.8. The van der Waals surface area contributed by atoms with Crippen molar-refractivity contribution in [1.29, 1.82) is 0 Å². The van der Waals surface area contributed by atoms with Gasteiger partial charge in [-0.15, -0.1) is 0 Å². The molecule has 0 aromatic carbocycles. The van der Waals surface area contributed by atoms with E-state index in [4.69, 9.17) is 0 Å². The second-order valence-corrected chi connectivity index (χ2v) is 17.1. The molecule has 0 spiro atoms. The molecule has 0 saturated carbocycles. The van der Waals surface area contributed by atoms with Gasteiger partial charge in [0.05, 0.1) is 0 Å². The Balaban J connectivity index is 6.54. The minimum absolute atomic E-state index is 1.24. The zero-order chi connectivity index (χ0) is 25.0. The number of unbranched alkanes of at least 4 members (excludes halogenated alkanes) is 4. The fourth-order valence-electron chi connectivity index (χ4n) is 5.06. The first-order chi connectivity index (χ1) is 16.0. The van der Waals surface area contributed by atoms with Crippen molar-refractivity contribution < 1.29 is 16.6 Å². The van der Waals surface area contributed by atoms with Gasteiger partial charge in [0.15, 0.2) is 0 Å². The van der Waals surface area contributed by atoms with E-state index in [9.17, 15) is 0 Å². The standard InChI is InChI=1S/4C8H15.Ti/c4*1-4-6-7-8(3)5-2;/h4*7H,3-6H2,1-2H3;. The van der Waals surface area contributed by atoms with Crippen LogP contribution in [0.2, 0.25) is 18.9 Å². The van der Waals surface area contributed by atoms with E-state index in [0.717, 1.165) is 0 Å². The number of hydrogen-bond donors (Lipinski definition) is 0. The van der Waals surface area contributed by atoms with Crippen LogP contribution in [0.4, 0.5) is 0 Å². The van der Waals surface area contributed by atoms with E-state index in [1.165, 1.54) is 96.0 Å². The quantitative estimate of drug-likeness (QED) is 0.117. The summed E-state index contributed by atoms with van der Waals surface area (Å²) in [6.07, 6.45) is 25.6. The van der Waals surface area contributed by atoms with Crippen molar-refractivity contribution in [2.45, 2.75) is 151 Å². The Kier molecular flexibility index (Phi) is 20.8. The SMILES string of the molecule is CCCC=C(CC)[CH2][Ti]([CH2]C(=CCCC)CC)([CH2]C(=CCCC)CC)[CH2]C(=CCCC)CC. The average Bonchev–Trinajstić information content (AvgIpc) is 2.84. The second kappa shape index (κ2) is 21.0. The van der Waals surface area contributed by atoms with Crippen LogP contribution in [0.1, 0.15) is 132 Å². The topological polar surface area (TPSA) is 0 Å². The summed E-state index contributed by atoms with van der Waals surface area (Å²) in [5.41, 5.74) is 7.11. The van der Waals surface area contributed by atoms with Crippen molar-refractivity contribution in [2.24, 2.45) is 0 Å². The summed E-state index contributed by atoms with van der Waals surface area (Å²) < 4.78 is 5.81. The molecule has 0 N–H and O–H groups in total. The first-order valence-electron chi connectivity index (χ1n) is 14.7. The van der Waals surface area contributed by atoms with Gasteiger partial charge in [0.2, 0.25) is 0 Å². The molecule has 0 heterocycles. The molecule has 1 heteroatoms. The molecule has 0 aliphatic carbocycles. The number of allylic oxidation sites excluding steroid dienone is 8. The van der Waals surface area contributed by atoms with Gasteiger partial charge in [-0.2, -0.15) is 0 Å². The third-order valence-electron chi connectivity index (χ3n) is 7.11. The molecule has 33 heavy (non-hydrogen) atoms. The molecule has 0 aliphatic rings. The second-order valence-electron chi connectivity index (χ2n) is 10.2. The van der Waals surface area contributed by atoms with E-state index in [1.807, 2.05) is 0 Å². The van der Waals surface area contributed by atoms with Gasteiger partial charge in [-0.25, -0.2) is 0 Å². The minimum atomic E-state index is -2.28. The van der Waals surface area contributed by atoms with Crippen LogP contribution in [0.3, 0.4) is 0 Å². The van der Waals surface area contributed by atoms with E-state index in [1.54, 1.807) is 22.3 Å². The molecule has 0 amide bonds. The van der Waals surface area contributed by atoms with E-state index in [2.05, 4.69) is 79.7 Å². The molecule has 0 unspecified atom stereocenters. The first kappa shape index (κ1) is 32.7. The van der Waals surface area contributed by atoms with Crippen LogP contribution in [0.15, 0.2) is 46.6 Å².